The normalized spacial score (nSPS) is 11.6. The molecule has 2 aromatic rings. The minimum absolute atomic E-state index is 0.434. The molecule has 11 heteroatoms. The first-order valence-corrected chi connectivity index (χ1v) is 11.4. The molecule has 0 unspecified atom stereocenters. The molecule has 0 radical (unpaired) electrons. The van der Waals surface area contributed by atoms with E-state index in [1.165, 1.54) is 28.3 Å². The van der Waals surface area contributed by atoms with Crippen LogP contribution in [0.25, 0.3) is 11.6 Å². The zero-order valence-electron chi connectivity index (χ0n) is 23.0. The molecule has 11 nitrogen and oxygen atoms in total. The molecule has 0 heterocycles. The number of hydrogen-bond acceptors (Lipinski definition) is 9. The second kappa shape index (κ2) is 14.2. The fourth-order valence-corrected chi connectivity index (χ4v) is 2.98. The summed E-state index contributed by atoms with van der Waals surface area (Å²) < 4.78 is 26.0. The third kappa shape index (κ3) is 9.46. The van der Waals surface area contributed by atoms with Gasteiger partial charge in [0.2, 0.25) is 11.7 Å². The summed E-state index contributed by atoms with van der Waals surface area (Å²) in [6.45, 7) is 6.71. The maximum Gasteiger partial charge on any atom is 0.408 e. The minimum Gasteiger partial charge on any atom is -0.495 e. The molecule has 206 valence electrons. The summed E-state index contributed by atoms with van der Waals surface area (Å²) in [5, 5.41) is 11.9. The third-order valence-corrected chi connectivity index (χ3v) is 4.82. The summed E-state index contributed by atoms with van der Waals surface area (Å²) >= 11 is 0. The predicted molar refractivity (Wildman–Crippen MR) is 145 cm³/mol. The molecule has 2 rings (SSSR count). The number of carbonyl (C=O) groups excluding carboxylic acids is 2. The predicted octanol–water partition coefficient (Wildman–Crippen LogP) is 3.75. The molecule has 0 aromatic heterocycles. The van der Waals surface area contributed by atoms with Crippen molar-refractivity contribution >= 4 is 29.3 Å². The lowest BCUT2D eigenvalue weighted by Crippen LogP contribution is -2.44. The SMILES string of the molecule is COc1ccc(/C=C(/C#N)c2cc(OC)c(OC)c(OC)c2)cc1N.C[C@H](NC(=O)OC(C)(C)C)C(N)=O. The maximum atomic E-state index is 11.0. The maximum absolute atomic E-state index is 11.0. The Hall–Kier alpha value is -4.59. The largest absolute Gasteiger partial charge is 0.495 e. The number of nitrogens with zero attached hydrogens (tertiary/aromatic N) is 1. The third-order valence-electron chi connectivity index (χ3n) is 4.82. The van der Waals surface area contributed by atoms with Gasteiger partial charge in [0.05, 0.1) is 45.8 Å². The number of amides is 2. The molecule has 0 saturated heterocycles. The smallest absolute Gasteiger partial charge is 0.408 e. The van der Waals surface area contributed by atoms with E-state index in [2.05, 4.69) is 11.4 Å². The monoisotopic (exact) mass is 528 g/mol. The van der Waals surface area contributed by atoms with Crippen LogP contribution in [0.4, 0.5) is 10.5 Å². The van der Waals surface area contributed by atoms with Crippen molar-refractivity contribution in [3.63, 3.8) is 0 Å². The van der Waals surface area contributed by atoms with Gasteiger partial charge in [-0.2, -0.15) is 5.26 Å². The molecular weight excluding hydrogens is 492 g/mol. The van der Waals surface area contributed by atoms with Gasteiger partial charge < -0.3 is 40.5 Å². The van der Waals surface area contributed by atoms with E-state index < -0.39 is 23.6 Å². The standard InChI is InChI=1S/C19H20N2O4.C8H16N2O3/c1-22-16-6-5-12(8-15(16)21)7-14(11-20)13-9-17(23-2)19(25-4)18(10-13)24-3;1-5(6(9)11)10-7(12)13-8(2,3)4/h5-10H,21H2,1-4H3;5H,1-4H3,(H2,9,11)(H,10,12)/b14-7-;/t;5-/m.0/s1. The van der Waals surface area contributed by atoms with E-state index in [-0.39, 0.29) is 0 Å². The molecule has 0 bridgehead atoms. The Morgan fingerprint density at radius 2 is 1.53 bits per heavy atom. The van der Waals surface area contributed by atoms with Crippen LogP contribution >= 0.6 is 0 Å². The highest BCUT2D eigenvalue weighted by molar-refractivity contribution is 5.91. The first-order valence-electron chi connectivity index (χ1n) is 11.4. The van der Waals surface area contributed by atoms with Crippen LogP contribution in [0.3, 0.4) is 0 Å². The summed E-state index contributed by atoms with van der Waals surface area (Å²) in [5.74, 6) is 1.42. The highest BCUT2D eigenvalue weighted by Crippen LogP contribution is 2.40. The molecule has 1 atom stereocenters. The molecule has 2 amide bonds. The van der Waals surface area contributed by atoms with Gasteiger partial charge in [-0.25, -0.2) is 4.79 Å². The molecule has 0 aliphatic carbocycles. The van der Waals surface area contributed by atoms with Gasteiger partial charge in [-0.3, -0.25) is 4.79 Å². The summed E-state index contributed by atoms with van der Waals surface area (Å²) in [7, 11) is 6.14. The van der Waals surface area contributed by atoms with Crippen LogP contribution in [0, 0.1) is 11.3 Å². The molecular formula is C27H36N4O7. The fourth-order valence-electron chi connectivity index (χ4n) is 2.98. The van der Waals surface area contributed by atoms with Crippen LogP contribution in [-0.4, -0.2) is 52.1 Å². The van der Waals surface area contributed by atoms with Gasteiger partial charge in [-0.15, -0.1) is 0 Å². The van der Waals surface area contributed by atoms with Gasteiger partial charge in [-0.1, -0.05) is 6.07 Å². The summed E-state index contributed by atoms with van der Waals surface area (Å²) in [5.41, 5.74) is 12.7. The quantitative estimate of drug-likeness (QED) is 0.262. The minimum atomic E-state index is -0.713. The first-order chi connectivity index (χ1) is 17.8. The van der Waals surface area contributed by atoms with Crippen molar-refractivity contribution in [2.24, 2.45) is 5.73 Å². The molecule has 0 saturated carbocycles. The van der Waals surface area contributed by atoms with Gasteiger partial charge >= 0.3 is 6.09 Å². The van der Waals surface area contributed by atoms with E-state index in [0.717, 1.165) is 5.56 Å². The van der Waals surface area contributed by atoms with Crippen molar-refractivity contribution < 1.29 is 33.3 Å². The Morgan fingerprint density at radius 3 is 1.92 bits per heavy atom. The second-order valence-corrected chi connectivity index (χ2v) is 8.86. The van der Waals surface area contributed by atoms with E-state index in [1.54, 1.807) is 58.2 Å². The second-order valence-electron chi connectivity index (χ2n) is 8.86. The lowest BCUT2D eigenvalue weighted by Gasteiger charge is -2.20. The number of carbonyl (C=O) groups is 2. The van der Waals surface area contributed by atoms with Crippen molar-refractivity contribution in [3.05, 3.63) is 41.5 Å². The van der Waals surface area contributed by atoms with Gasteiger partial charge in [0.1, 0.15) is 17.4 Å². The average molecular weight is 529 g/mol. The molecule has 5 N–H and O–H groups in total. The fraction of sp³-hybridized carbons (Fsp3) is 0.370. The summed E-state index contributed by atoms with van der Waals surface area (Å²) in [6, 6.07) is 10.3. The lowest BCUT2D eigenvalue weighted by molar-refractivity contribution is -0.119. The number of allylic oxidation sites excluding steroid dienone is 1. The number of rotatable bonds is 8. The Balaban J connectivity index is 0.000000471. The number of anilines is 1. The number of nitrogens with two attached hydrogens (primary N) is 2. The highest BCUT2D eigenvalue weighted by Gasteiger charge is 2.19. The van der Waals surface area contributed by atoms with E-state index in [0.29, 0.717) is 39.8 Å². The number of primary amides is 1. The zero-order chi connectivity index (χ0) is 29.0. The van der Waals surface area contributed by atoms with Crippen molar-refractivity contribution in [1.82, 2.24) is 5.32 Å². The van der Waals surface area contributed by atoms with E-state index in [4.69, 9.17) is 35.2 Å². The van der Waals surface area contributed by atoms with Crippen LogP contribution < -0.4 is 35.7 Å². The van der Waals surface area contributed by atoms with Crippen LogP contribution in [0.15, 0.2) is 30.3 Å². The number of nitriles is 1. The zero-order valence-corrected chi connectivity index (χ0v) is 23.0. The highest BCUT2D eigenvalue weighted by atomic mass is 16.6. The number of ether oxygens (including phenoxy) is 5. The summed E-state index contributed by atoms with van der Waals surface area (Å²) in [6.07, 6.45) is 1.09. The number of nitrogens with one attached hydrogen (secondary N) is 1. The van der Waals surface area contributed by atoms with E-state index >= 15 is 0 Å². The Bertz CT molecular complexity index is 1170. The average Bonchev–Trinajstić information content (AvgIpc) is 2.85. The van der Waals surface area contributed by atoms with Crippen molar-refractivity contribution in [3.8, 4) is 29.1 Å². The number of hydrogen-bond donors (Lipinski definition) is 3. The molecule has 0 aliphatic heterocycles. The van der Waals surface area contributed by atoms with Gasteiger partial charge in [0.15, 0.2) is 11.5 Å². The molecule has 0 spiro atoms. The van der Waals surface area contributed by atoms with Gasteiger partial charge in [0.25, 0.3) is 0 Å². The number of nitrogen functional groups attached to an aromatic ring is 1. The molecule has 38 heavy (non-hydrogen) atoms. The Labute approximate surface area is 223 Å². The topological polar surface area (TPSA) is 168 Å². The van der Waals surface area contributed by atoms with Crippen molar-refractivity contribution in [2.75, 3.05) is 34.2 Å². The summed E-state index contributed by atoms with van der Waals surface area (Å²) in [4.78, 5) is 21.6. The number of benzene rings is 2. The van der Waals surface area contributed by atoms with E-state index in [9.17, 15) is 14.9 Å². The number of methoxy groups -OCH3 is 4. The Morgan fingerprint density at radius 1 is 0.974 bits per heavy atom. The van der Waals surface area contributed by atoms with Crippen LogP contribution in [-0.2, 0) is 9.53 Å². The van der Waals surface area contributed by atoms with Crippen LogP contribution in [0.2, 0.25) is 0 Å². The molecule has 0 aliphatic rings. The van der Waals surface area contributed by atoms with Crippen molar-refractivity contribution in [2.45, 2.75) is 39.3 Å². The lowest BCUT2D eigenvalue weighted by atomic mass is 10.0. The van der Waals surface area contributed by atoms with Crippen molar-refractivity contribution in [1.29, 1.82) is 5.26 Å². The van der Waals surface area contributed by atoms with Gasteiger partial charge in [0, 0.05) is 0 Å². The molecule has 2 aromatic carbocycles. The number of alkyl carbamates (subject to hydrolysis) is 1. The first kappa shape index (κ1) is 31.4. The van der Waals surface area contributed by atoms with E-state index in [1.807, 2.05) is 6.07 Å². The van der Waals surface area contributed by atoms with Gasteiger partial charge in [-0.05, 0) is 69.2 Å². The Kier molecular flexibility index (Phi) is 11.8. The van der Waals surface area contributed by atoms with Crippen LogP contribution in [0.5, 0.6) is 23.0 Å². The molecule has 0 fully saturated rings. The van der Waals surface area contributed by atoms with Crippen LogP contribution in [0.1, 0.15) is 38.8 Å².